The molecule has 1 unspecified atom stereocenters. The quantitative estimate of drug-likeness (QED) is 0.911. The Morgan fingerprint density at radius 3 is 2.79 bits per heavy atom. The fourth-order valence-corrected chi connectivity index (χ4v) is 1.99. The molecule has 2 rings (SSSR count). The van der Waals surface area contributed by atoms with Crippen LogP contribution in [-0.4, -0.2) is 10.1 Å². The normalized spacial score (nSPS) is 14.3. The van der Waals surface area contributed by atoms with Gasteiger partial charge < -0.3 is 10.3 Å². The van der Waals surface area contributed by atoms with E-state index in [1.165, 1.54) is 0 Å². The molecule has 2 atom stereocenters. The van der Waals surface area contributed by atoms with E-state index in [-0.39, 0.29) is 6.04 Å². The van der Waals surface area contributed by atoms with Crippen molar-refractivity contribution >= 4 is 11.6 Å². The third-order valence-electron chi connectivity index (χ3n) is 3.33. The van der Waals surface area contributed by atoms with E-state index in [0.29, 0.717) is 29.1 Å². The predicted octanol–water partition coefficient (Wildman–Crippen LogP) is 3.36. The van der Waals surface area contributed by atoms with Gasteiger partial charge in [-0.1, -0.05) is 55.2 Å². The van der Waals surface area contributed by atoms with Crippen molar-refractivity contribution in [1.82, 2.24) is 10.1 Å². The molecule has 0 aliphatic heterocycles. The number of aromatic nitrogens is 2. The van der Waals surface area contributed by atoms with E-state index < -0.39 is 0 Å². The van der Waals surface area contributed by atoms with Crippen LogP contribution >= 0.6 is 11.6 Å². The lowest BCUT2D eigenvalue weighted by atomic mass is 10.0. The minimum Gasteiger partial charge on any atom is -0.338 e. The lowest BCUT2D eigenvalue weighted by Crippen LogP contribution is -2.18. The molecule has 0 aliphatic carbocycles. The fraction of sp³-hybridized carbons (Fsp3) is 0.429. The van der Waals surface area contributed by atoms with Gasteiger partial charge in [0.2, 0.25) is 5.89 Å². The lowest BCUT2D eigenvalue weighted by molar-refractivity contribution is 0.310. The van der Waals surface area contributed by atoms with Gasteiger partial charge in [0.25, 0.3) is 0 Å². The topological polar surface area (TPSA) is 64.9 Å². The zero-order chi connectivity index (χ0) is 13.8. The molecule has 5 heteroatoms. The number of nitrogens with two attached hydrogens (primary N) is 1. The highest BCUT2D eigenvalue weighted by Gasteiger charge is 2.20. The number of hydrogen-bond acceptors (Lipinski definition) is 4. The lowest BCUT2D eigenvalue weighted by Gasteiger charge is -2.12. The van der Waals surface area contributed by atoms with Gasteiger partial charge in [-0.3, -0.25) is 0 Å². The second kappa shape index (κ2) is 6.17. The molecule has 102 valence electrons. The molecular weight excluding hydrogens is 262 g/mol. The molecule has 1 aromatic carbocycles. The van der Waals surface area contributed by atoms with Crippen LogP contribution in [0.2, 0.25) is 5.02 Å². The van der Waals surface area contributed by atoms with E-state index in [4.69, 9.17) is 21.9 Å². The van der Waals surface area contributed by atoms with E-state index in [1.807, 2.05) is 24.3 Å². The van der Waals surface area contributed by atoms with Crippen molar-refractivity contribution in [3.05, 3.63) is 46.6 Å². The smallest absolute Gasteiger partial charge is 0.243 e. The first-order valence-electron chi connectivity index (χ1n) is 6.43. The molecule has 2 aromatic rings. The van der Waals surface area contributed by atoms with Gasteiger partial charge in [0.05, 0.1) is 6.04 Å². The molecule has 0 radical (unpaired) electrons. The molecule has 19 heavy (non-hydrogen) atoms. The van der Waals surface area contributed by atoms with Crippen LogP contribution in [0, 0.1) is 5.92 Å². The zero-order valence-electron chi connectivity index (χ0n) is 11.1. The van der Waals surface area contributed by atoms with Gasteiger partial charge in [0.15, 0.2) is 5.82 Å². The maximum atomic E-state index is 6.11. The molecule has 0 bridgehead atoms. The van der Waals surface area contributed by atoms with E-state index >= 15 is 0 Å². The Morgan fingerprint density at radius 2 is 2.11 bits per heavy atom. The first-order valence-corrected chi connectivity index (χ1v) is 6.81. The number of halogens is 1. The van der Waals surface area contributed by atoms with Crippen LogP contribution in [0.4, 0.5) is 0 Å². The number of benzene rings is 1. The molecule has 2 N–H and O–H groups in total. The second-order valence-corrected chi connectivity index (χ2v) is 5.14. The molecule has 0 aliphatic rings. The fourth-order valence-electron chi connectivity index (χ4n) is 1.78. The maximum Gasteiger partial charge on any atom is 0.243 e. The summed E-state index contributed by atoms with van der Waals surface area (Å²) in [5.41, 5.74) is 7.04. The molecule has 0 fully saturated rings. The van der Waals surface area contributed by atoms with Crippen LogP contribution in [0.25, 0.3) is 0 Å². The van der Waals surface area contributed by atoms with E-state index in [0.717, 1.165) is 12.0 Å². The van der Waals surface area contributed by atoms with Gasteiger partial charge in [-0.2, -0.15) is 4.98 Å². The number of hydrogen-bond donors (Lipinski definition) is 1. The highest BCUT2D eigenvalue weighted by Crippen LogP contribution is 2.22. The van der Waals surface area contributed by atoms with Crippen molar-refractivity contribution in [3.8, 4) is 0 Å². The average Bonchev–Trinajstić information content (AvgIpc) is 2.88. The Bertz CT molecular complexity index is 541. The van der Waals surface area contributed by atoms with Crippen molar-refractivity contribution in [1.29, 1.82) is 0 Å². The minimum atomic E-state index is -0.211. The summed E-state index contributed by atoms with van der Waals surface area (Å²) < 4.78 is 5.23. The molecule has 0 saturated carbocycles. The molecule has 1 aromatic heterocycles. The van der Waals surface area contributed by atoms with Gasteiger partial charge in [-0.25, -0.2) is 0 Å². The molecule has 0 saturated heterocycles. The van der Waals surface area contributed by atoms with Crippen LogP contribution in [0.3, 0.4) is 0 Å². The summed E-state index contributed by atoms with van der Waals surface area (Å²) in [6.45, 7) is 4.16. The van der Waals surface area contributed by atoms with Gasteiger partial charge in [-0.05, 0) is 17.5 Å². The van der Waals surface area contributed by atoms with E-state index in [1.54, 1.807) is 0 Å². The summed E-state index contributed by atoms with van der Waals surface area (Å²) in [5, 5.41) is 4.67. The predicted molar refractivity (Wildman–Crippen MR) is 74.9 cm³/mol. The standard InChI is InChI=1S/C14H18ClN3O/c1-3-9(2)13(16)14-17-12(18-19-14)8-10-6-4-5-7-11(10)15/h4-7,9,13H,3,8,16H2,1-2H3/t9?,13-/m0/s1. The summed E-state index contributed by atoms with van der Waals surface area (Å²) in [4.78, 5) is 4.35. The van der Waals surface area contributed by atoms with Crippen molar-refractivity contribution < 1.29 is 4.52 Å². The summed E-state index contributed by atoms with van der Waals surface area (Å²) in [6.07, 6.45) is 1.53. The van der Waals surface area contributed by atoms with Crippen molar-refractivity contribution in [3.63, 3.8) is 0 Å². The van der Waals surface area contributed by atoms with E-state index in [9.17, 15) is 0 Å². The Kier molecular flexibility index (Phi) is 4.56. The molecule has 0 spiro atoms. The van der Waals surface area contributed by atoms with Crippen molar-refractivity contribution in [2.75, 3.05) is 0 Å². The van der Waals surface area contributed by atoms with Crippen LogP contribution in [0.5, 0.6) is 0 Å². The van der Waals surface area contributed by atoms with E-state index in [2.05, 4.69) is 24.0 Å². The SMILES string of the molecule is CCC(C)[C@H](N)c1nc(Cc2ccccc2Cl)no1. The van der Waals surface area contributed by atoms with Gasteiger partial charge in [0, 0.05) is 11.4 Å². The summed E-state index contributed by atoms with van der Waals surface area (Å²) in [5.74, 6) is 1.42. The molecule has 4 nitrogen and oxygen atoms in total. The Morgan fingerprint density at radius 1 is 1.37 bits per heavy atom. The Labute approximate surface area is 118 Å². The number of rotatable bonds is 5. The van der Waals surface area contributed by atoms with Crippen molar-refractivity contribution in [2.45, 2.75) is 32.7 Å². The second-order valence-electron chi connectivity index (χ2n) is 4.73. The number of nitrogens with zero attached hydrogens (tertiary/aromatic N) is 2. The van der Waals surface area contributed by atoms with Gasteiger partial charge >= 0.3 is 0 Å². The molecule has 0 amide bonds. The first kappa shape index (κ1) is 14.0. The largest absolute Gasteiger partial charge is 0.338 e. The van der Waals surface area contributed by atoms with Crippen LogP contribution in [0.15, 0.2) is 28.8 Å². The summed E-state index contributed by atoms with van der Waals surface area (Å²) >= 11 is 6.11. The van der Waals surface area contributed by atoms with Crippen LogP contribution in [0.1, 0.15) is 43.6 Å². The Balaban J connectivity index is 2.12. The van der Waals surface area contributed by atoms with Gasteiger partial charge in [0.1, 0.15) is 0 Å². The van der Waals surface area contributed by atoms with Crippen LogP contribution in [-0.2, 0) is 6.42 Å². The maximum absolute atomic E-state index is 6.11. The highest BCUT2D eigenvalue weighted by molar-refractivity contribution is 6.31. The first-order chi connectivity index (χ1) is 9.11. The molecular formula is C14H18ClN3O. The monoisotopic (exact) mass is 279 g/mol. The van der Waals surface area contributed by atoms with Crippen LogP contribution < -0.4 is 5.73 Å². The third-order valence-corrected chi connectivity index (χ3v) is 3.70. The zero-order valence-corrected chi connectivity index (χ0v) is 11.9. The Hall–Kier alpha value is -1.39. The van der Waals surface area contributed by atoms with Crippen molar-refractivity contribution in [2.24, 2.45) is 11.7 Å². The molecule has 1 heterocycles. The average molecular weight is 280 g/mol. The summed E-state index contributed by atoms with van der Waals surface area (Å²) in [7, 11) is 0. The summed E-state index contributed by atoms with van der Waals surface area (Å²) in [6, 6.07) is 7.42. The van der Waals surface area contributed by atoms with Gasteiger partial charge in [-0.15, -0.1) is 0 Å². The minimum absolute atomic E-state index is 0.211. The highest BCUT2D eigenvalue weighted by atomic mass is 35.5. The third kappa shape index (κ3) is 3.33.